The van der Waals surface area contributed by atoms with Gasteiger partial charge in [0.25, 0.3) is 0 Å². The van der Waals surface area contributed by atoms with E-state index in [9.17, 15) is 0 Å². The number of nitrogen functional groups attached to an aromatic ring is 1. The summed E-state index contributed by atoms with van der Waals surface area (Å²) in [6, 6.07) is 7.79. The zero-order valence-corrected chi connectivity index (χ0v) is 10.2. The number of aromatic nitrogens is 3. The Labute approximate surface area is 100 Å². The van der Waals surface area contributed by atoms with Gasteiger partial charge in [0.15, 0.2) is 5.82 Å². The van der Waals surface area contributed by atoms with E-state index in [-0.39, 0.29) is 6.04 Å². The molecule has 90 valence electrons. The lowest BCUT2D eigenvalue weighted by Gasteiger charge is -2.04. The quantitative estimate of drug-likeness (QED) is 0.880. The number of anilines is 1. The smallest absolute Gasteiger partial charge is 0.219 e. The van der Waals surface area contributed by atoms with Crippen LogP contribution in [0.15, 0.2) is 24.3 Å². The summed E-state index contributed by atoms with van der Waals surface area (Å²) < 4.78 is 6.81. The fourth-order valence-corrected chi connectivity index (χ4v) is 1.58. The Bertz CT molecular complexity index is 502. The molecule has 0 atom stereocenters. The molecule has 0 unspecified atom stereocenters. The van der Waals surface area contributed by atoms with Crippen LogP contribution in [0, 0.1) is 0 Å². The van der Waals surface area contributed by atoms with Crippen molar-refractivity contribution in [3.63, 3.8) is 0 Å². The molecule has 0 saturated heterocycles. The molecule has 0 fully saturated rings. The summed E-state index contributed by atoms with van der Waals surface area (Å²) in [5, 5.41) is 4.37. The van der Waals surface area contributed by atoms with Crippen molar-refractivity contribution in [2.75, 3.05) is 12.8 Å². The van der Waals surface area contributed by atoms with Crippen molar-refractivity contribution < 1.29 is 4.74 Å². The van der Waals surface area contributed by atoms with E-state index in [1.165, 1.54) is 0 Å². The van der Waals surface area contributed by atoms with Gasteiger partial charge in [-0.15, -0.1) is 5.10 Å². The lowest BCUT2D eigenvalue weighted by Crippen LogP contribution is -2.07. The number of rotatable bonds is 3. The molecule has 2 rings (SSSR count). The topological polar surface area (TPSA) is 66.0 Å². The van der Waals surface area contributed by atoms with Gasteiger partial charge in [-0.25, -0.2) is 4.68 Å². The van der Waals surface area contributed by atoms with E-state index in [1.54, 1.807) is 11.8 Å². The van der Waals surface area contributed by atoms with Crippen LogP contribution in [-0.4, -0.2) is 21.9 Å². The van der Waals surface area contributed by atoms with Gasteiger partial charge < -0.3 is 10.5 Å². The first-order valence-electron chi connectivity index (χ1n) is 5.48. The standard InChI is InChI=1S/C12H16N4O/c1-8(2)16-12(13)14-11(15-16)9-4-6-10(17-3)7-5-9/h4-8H,1-3H3,(H2,13,14,15). The maximum Gasteiger partial charge on any atom is 0.219 e. The first kappa shape index (κ1) is 11.4. The normalized spacial score (nSPS) is 10.8. The van der Waals surface area contributed by atoms with Crippen LogP contribution in [-0.2, 0) is 0 Å². The van der Waals surface area contributed by atoms with Crippen molar-refractivity contribution in [3.05, 3.63) is 24.3 Å². The highest BCUT2D eigenvalue weighted by atomic mass is 16.5. The predicted molar refractivity (Wildman–Crippen MR) is 66.8 cm³/mol. The highest BCUT2D eigenvalue weighted by Gasteiger charge is 2.10. The Hall–Kier alpha value is -2.04. The third kappa shape index (κ3) is 2.22. The number of nitrogens with two attached hydrogens (primary N) is 1. The largest absolute Gasteiger partial charge is 0.497 e. The second kappa shape index (κ2) is 4.45. The summed E-state index contributed by atoms with van der Waals surface area (Å²) in [4.78, 5) is 4.25. The van der Waals surface area contributed by atoms with Crippen LogP contribution in [0.5, 0.6) is 5.75 Å². The van der Waals surface area contributed by atoms with E-state index >= 15 is 0 Å². The van der Waals surface area contributed by atoms with Gasteiger partial charge in [-0.2, -0.15) is 4.98 Å². The molecule has 0 aliphatic carbocycles. The van der Waals surface area contributed by atoms with E-state index in [1.807, 2.05) is 38.1 Å². The second-order valence-electron chi connectivity index (χ2n) is 4.06. The summed E-state index contributed by atoms with van der Waals surface area (Å²) in [7, 11) is 1.64. The van der Waals surface area contributed by atoms with E-state index in [2.05, 4.69) is 10.1 Å². The molecule has 5 nitrogen and oxygen atoms in total. The van der Waals surface area contributed by atoms with Gasteiger partial charge in [-0.3, -0.25) is 0 Å². The van der Waals surface area contributed by atoms with Gasteiger partial charge in [0.2, 0.25) is 5.95 Å². The molecule has 0 amide bonds. The molecule has 2 N–H and O–H groups in total. The highest BCUT2D eigenvalue weighted by Crippen LogP contribution is 2.21. The van der Waals surface area contributed by atoms with E-state index in [4.69, 9.17) is 10.5 Å². The molecule has 2 aromatic rings. The maximum absolute atomic E-state index is 5.80. The molecule has 0 saturated carbocycles. The van der Waals surface area contributed by atoms with Crippen LogP contribution in [0.25, 0.3) is 11.4 Å². The van der Waals surface area contributed by atoms with Crippen LogP contribution in [0.1, 0.15) is 19.9 Å². The first-order valence-corrected chi connectivity index (χ1v) is 5.48. The van der Waals surface area contributed by atoms with Crippen molar-refractivity contribution in [3.8, 4) is 17.1 Å². The molecule has 0 aliphatic heterocycles. The zero-order chi connectivity index (χ0) is 12.4. The zero-order valence-electron chi connectivity index (χ0n) is 10.2. The van der Waals surface area contributed by atoms with Crippen molar-refractivity contribution in [1.29, 1.82) is 0 Å². The molecule has 0 radical (unpaired) electrons. The summed E-state index contributed by atoms with van der Waals surface area (Å²) in [6.45, 7) is 4.03. The van der Waals surface area contributed by atoms with Crippen LogP contribution >= 0.6 is 0 Å². The molecule has 5 heteroatoms. The van der Waals surface area contributed by atoms with Crippen molar-refractivity contribution in [2.45, 2.75) is 19.9 Å². The minimum atomic E-state index is 0.203. The van der Waals surface area contributed by atoms with Crippen molar-refractivity contribution >= 4 is 5.95 Å². The van der Waals surface area contributed by atoms with E-state index in [0.29, 0.717) is 11.8 Å². The molecule has 1 heterocycles. The third-order valence-corrected chi connectivity index (χ3v) is 2.49. The molecule has 1 aromatic carbocycles. The summed E-state index contributed by atoms with van der Waals surface area (Å²) in [5.41, 5.74) is 6.73. The number of methoxy groups -OCH3 is 1. The van der Waals surface area contributed by atoms with Gasteiger partial charge >= 0.3 is 0 Å². The third-order valence-electron chi connectivity index (χ3n) is 2.49. The van der Waals surface area contributed by atoms with Gasteiger partial charge in [0.1, 0.15) is 5.75 Å². The summed E-state index contributed by atoms with van der Waals surface area (Å²) in [5.74, 6) is 1.88. The van der Waals surface area contributed by atoms with Crippen LogP contribution in [0.4, 0.5) is 5.95 Å². The molecule has 0 bridgehead atoms. The molecule has 0 spiro atoms. The lowest BCUT2D eigenvalue weighted by molar-refractivity contribution is 0.415. The Balaban J connectivity index is 2.36. The number of ether oxygens (including phenoxy) is 1. The Morgan fingerprint density at radius 1 is 1.24 bits per heavy atom. The average molecular weight is 232 g/mol. The summed E-state index contributed by atoms with van der Waals surface area (Å²) >= 11 is 0. The Morgan fingerprint density at radius 3 is 2.35 bits per heavy atom. The van der Waals surface area contributed by atoms with E-state index in [0.717, 1.165) is 11.3 Å². The predicted octanol–water partition coefficient (Wildman–Crippen LogP) is 2.12. The fraction of sp³-hybridized carbons (Fsp3) is 0.333. The Kier molecular flexibility index (Phi) is 2.99. The minimum absolute atomic E-state index is 0.203. The number of benzene rings is 1. The van der Waals surface area contributed by atoms with Gasteiger partial charge in [0, 0.05) is 5.56 Å². The monoisotopic (exact) mass is 232 g/mol. The molecular formula is C12H16N4O. The van der Waals surface area contributed by atoms with Crippen molar-refractivity contribution in [1.82, 2.24) is 14.8 Å². The van der Waals surface area contributed by atoms with Crippen LogP contribution in [0.3, 0.4) is 0 Å². The number of hydrogen-bond donors (Lipinski definition) is 1. The number of hydrogen-bond acceptors (Lipinski definition) is 4. The van der Waals surface area contributed by atoms with Crippen LogP contribution in [0.2, 0.25) is 0 Å². The molecular weight excluding hydrogens is 216 g/mol. The minimum Gasteiger partial charge on any atom is -0.497 e. The highest BCUT2D eigenvalue weighted by molar-refractivity contribution is 5.57. The Morgan fingerprint density at radius 2 is 1.88 bits per heavy atom. The van der Waals surface area contributed by atoms with E-state index < -0.39 is 0 Å². The fourth-order valence-electron chi connectivity index (χ4n) is 1.58. The first-order chi connectivity index (χ1) is 8.11. The number of nitrogens with zero attached hydrogens (tertiary/aromatic N) is 3. The van der Waals surface area contributed by atoms with Crippen molar-refractivity contribution in [2.24, 2.45) is 0 Å². The SMILES string of the molecule is COc1ccc(-c2nc(N)n(C(C)C)n2)cc1. The van der Waals surface area contributed by atoms with Crippen LogP contribution < -0.4 is 10.5 Å². The van der Waals surface area contributed by atoms with Gasteiger partial charge in [-0.1, -0.05) is 0 Å². The second-order valence-corrected chi connectivity index (χ2v) is 4.06. The molecule has 17 heavy (non-hydrogen) atoms. The maximum atomic E-state index is 5.80. The van der Waals surface area contributed by atoms with Gasteiger partial charge in [0.05, 0.1) is 13.2 Å². The van der Waals surface area contributed by atoms with Gasteiger partial charge in [-0.05, 0) is 38.1 Å². The summed E-state index contributed by atoms with van der Waals surface area (Å²) in [6.07, 6.45) is 0. The molecule has 0 aliphatic rings. The lowest BCUT2D eigenvalue weighted by atomic mass is 10.2. The molecule has 1 aromatic heterocycles. The average Bonchev–Trinajstić information content (AvgIpc) is 2.71.